The van der Waals surface area contributed by atoms with Gasteiger partial charge in [0.1, 0.15) is 17.2 Å². The van der Waals surface area contributed by atoms with E-state index in [1.165, 1.54) is 0 Å². The van der Waals surface area contributed by atoms with Crippen molar-refractivity contribution in [3.05, 3.63) is 160 Å². The van der Waals surface area contributed by atoms with Crippen molar-refractivity contribution in [2.75, 3.05) is 0 Å². The number of rotatable bonds is 8. The molecule has 0 radical (unpaired) electrons. The SMILES string of the molecule is Oc1ccc(/C=C/c2c(Cc3ccccc3)c(O)c(Cc3ccccc3)c(O)c2Cc2ccccc2)cc1. The fraction of sp³-hybridized carbons (Fsp3) is 0.0857. The molecule has 3 heteroatoms. The van der Waals surface area contributed by atoms with Gasteiger partial charge in [-0.1, -0.05) is 115 Å². The molecule has 0 aromatic heterocycles. The van der Waals surface area contributed by atoms with E-state index in [4.69, 9.17) is 0 Å². The average molecular weight is 499 g/mol. The van der Waals surface area contributed by atoms with Crippen LogP contribution in [0.25, 0.3) is 12.2 Å². The van der Waals surface area contributed by atoms with Crippen LogP contribution in [0.15, 0.2) is 115 Å². The van der Waals surface area contributed by atoms with E-state index in [0.29, 0.717) is 24.8 Å². The molecule has 0 unspecified atom stereocenters. The minimum absolute atomic E-state index is 0.123. The first-order valence-electron chi connectivity index (χ1n) is 12.8. The highest BCUT2D eigenvalue weighted by Gasteiger charge is 2.23. The molecule has 0 bridgehead atoms. The molecular weight excluding hydrogens is 468 g/mol. The van der Waals surface area contributed by atoms with Gasteiger partial charge in [-0.3, -0.25) is 0 Å². The van der Waals surface area contributed by atoms with Crippen molar-refractivity contribution in [3.8, 4) is 17.2 Å². The maximum atomic E-state index is 11.7. The minimum atomic E-state index is 0.123. The predicted molar refractivity (Wildman–Crippen MR) is 155 cm³/mol. The lowest BCUT2D eigenvalue weighted by atomic mass is 9.86. The largest absolute Gasteiger partial charge is 0.508 e. The standard InChI is InChI=1S/C35H30O3/c36-29-19-16-25(17-20-29)18-21-30-31(22-26-10-4-1-5-11-26)34(37)33(24-28-14-8-3-9-15-28)35(38)32(30)23-27-12-6-2-7-13-27/h1-21,36-38H,22-24H2/b21-18+. The maximum Gasteiger partial charge on any atom is 0.126 e. The van der Waals surface area contributed by atoms with Gasteiger partial charge in [0, 0.05) is 36.0 Å². The maximum absolute atomic E-state index is 11.7. The Kier molecular flexibility index (Phi) is 7.56. The third-order valence-electron chi connectivity index (χ3n) is 6.80. The van der Waals surface area contributed by atoms with Gasteiger partial charge in [0.05, 0.1) is 0 Å². The second kappa shape index (κ2) is 11.5. The summed E-state index contributed by atoms with van der Waals surface area (Å²) in [5.41, 5.74) is 6.97. The molecule has 3 nitrogen and oxygen atoms in total. The summed E-state index contributed by atoms with van der Waals surface area (Å²) >= 11 is 0. The zero-order valence-electron chi connectivity index (χ0n) is 21.1. The van der Waals surface area contributed by atoms with Crippen LogP contribution in [0.2, 0.25) is 0 Å². The molecule has 0 fully saturated rings. The zero-order chi connectivity index (χ0) is 26.3. The smallest absolute Gasteiger partial charge is 0.126 e. The van der Waals surface area contributed by atoms with Gasteiger partial charge in [-0.15, -0.1) is 0 Å². The molecule has 0 heterocycles. The van der Waals surface area contributed by atoms with Gasteiger partial charge in [-0.25, -0.2) is 0 Å². The van der Waals surface area contributed by atoms with Gasteiger partial charge in [0.25, 0.3) is 0 Å². The average Bonchev–Trinajstić information content (AvgIpc) is 2.96. The Hall–Kier alpha value is -4.76. The van der Waals surface area contributed by atoms with Crippen LogP contribution in [-0.2, 0) is 19.3 Å². The number of aromatic hydroxyl groups is 3. The van der Waals surface area contributed by atoms with E-state index in [1.807, 2.05) is 115 Å². The van der Waals surface area contributed by atoms with E-state index in [0.717, 1.165) is 38.9 Å². The second-order valence-corrected chi connectivity index (χ2v) is 9.46. The number of phenolic OH excluding ortho intramolecular Hbond substituents is 3. The van der Waals surface area contributed by atoms with E-state index in [9.17, 15) is 15.3 Å². The van der Waals surface area contributed by atoms with E-state index >= 15 is 0 Å². The van der Waals surface area contributed by atoms with Crippen LogP contribution in [0.1, 0.15) is 44.5 Å². The third-order valence-corrected chi connectivity index (χ3v) is 6.80. The summed E-state index contributed by atoms with van der Waals surface area (Å²) in [5, 5.41) is 33.0. The lowest BCUT2D eigenvalue weighted by Crippen LogP contribution is -2.04. The lowest BCUT2D eigenvalue weighted by molar-refractivity contribution is 0.433. The van der Waals surface area contributed by atoms with Crippen LogP contribution in [-0.4, -0.2) is 15.3 Å². The van der Waals surface area contributed by atoms with Gasteiger partial charge in [-0.2, -0.15) is 0 Å². The molecule has 5 rings (SSSR count). The van der Waals surface area contributed by atoms with E-state index in [1.54, 1.807) is 12.1 Å². The van der Waals surface area contributed by atoms with Crippen molar-refractivity contribution in [1.82, 2.24) is 0 Å². The van der Waals surface area contributed by atoms with Gasteiger partial charge in [0.15, 0.2) is 0 Å². The molecular formula is C35H30O3. The van der Waals surface area contributed by atoms with Gasteiger partial charge < -0.3 is 15.3 Å². The molecule has 0 aliphatic rings. The highest BCUT2D eigenvalue weighted by atomic mass is 16.3. The van der Waals surface area contributed by atoms with Gasteiger partial charge >= 0.3 is 0 Å². The Morgan fingerprint density at radius 3 is 1.24 bits per heavy atom. The predicted octanol–water partition coefficient (Wildman–Crippen LogP) is 7.75. The molecule has 0 spiro atoms. The number of hydrogen-bond acceptors (Lipinski definition) is 3. The Morgan fingerprint density at radius 2 is 0.816 bits per heavy atom. The molecule has 5 aromatic carbocycles. The van der Waals surface area contributed by atoms with Gasteiger partial charge in [0.2, 0.25) is 0 Å². The summed E-state index contributed by atoms with van der Waals surface area (Å²) in [7, 11) is 0. The summed E-state index contributed by atoms with van der Waals surface area (Å²) in [6, 6.07) is 37.0. The first-order valence-corrected chi connectivity index (χ1v) is 12.8. The Bertz CT molecular complexity index is 1450. The summed E-state index contributed by atoms with van der Waals surface area (Å²) in [6.07, 6.45) is 5.38. The lowest BCUT2D eigenvalue weighted by Gasteiger charge is -2.21. The molecule has 0 saturated carbocycles. The summed E-state index contributed by atoms with van der Waals surface area (Å²) < 4.78 is 0. The Labute approximate surface area is 223 Å². The fourth-order valence-electron chi connectivity index (χ4n) is 4.81. The third kappa shape index (κ3) is 5.79. The van der Waals surface area contributed by atoms with Crippen LogP contribution < -0.4 is 0 Å². The van der Waals surface area contributed by atoms with Crippen LogP contribution >= 0.6 is 0 Å². The second-order valence-electron chi connectivity index (χ2n) is 9.46. The van der Waals surface area contributed by atoms with Crippen LogP contribution in [0.4, 0.5) is 0 Å². The number of phenols is 3. The highest BCUT2D eigenvalue weighted by molar-refractivity contribution is 5.78. The molecule has 3 N–H and O–H groups in total. The van der Waals surface area contributed by atoms with Gasteiger partial charge in [-0.05, 0) is 39.9 Å². The summed E-state index contributed by atoms with van der Waals surface area (Å²) in [4.78, 5) is 0. The number of benzene rings is 5. The minimum Gasteiger partial charge on any atom is -0.508 e. The monoisotopic (exact) mass is 498 g/mol. The fourth-order valence-corrected chi connectivity index (χ4v) is 4.81. The normalized spacial score (nSPS) is 11.2. The summed E-state index contributed by atoms with van der Waals surface area (Å²) in [6.45, 7) is 0. The van der Waals surface area contributed by atoms with Crippen molar-refractivity contribution in [3.63, 3.8) is 0 Å². The zero-order valence-corrected chi connectivity index (χ0v) is 21.1. The molecule has 0 aliphatic carbocycles. The van der Waals surface area contributed by atoms with Crippen molar-refractivity contribution in [2.24, 2.45) is 0 Å². The Morgan fingerprint density at radius 1 is 0.421 bits per heavy atom. The molecule has 0 aliphatic heterocycles. The van der Waals surface area contributed by atoms with E-state index in [2.05, 4.69) is 0 Å². The molecule has 5 aromatic rings. The van der Waals surface area contributed by atoms with E-state index < -0.39 is 0 Å². The highest BCUT2D eigenvalue weighted by Crippen LogP contribution is 2.42. The van der Waals surface area contributed by atoms with E-state index in [-0.39, 0.29) is 17.2 Å². The van der Waals surface area contributed by atoms with Crippen LogP contribution in [0.3, 0.4) is 0 Å². The molecule has 0 saturated heterocycles. The quantitative estimate of drug-likeness (QED) is 0.192. The molecule has 0 amide bonds. The summed E-state index contributed by atoms with van der Waals surface area (Å²) in [5.74, 6) is 0.451. The number of hydrogen-bond donors (Lipinski definition) is 3. The van der Waals surface area contributed by atoms with Crippen molar-refractivity contribution in [2.45, 2.75) is 19.3 Å². The first kappa shape index (κ1) is 24.9. The molecule has 38 heavy (non-hydrogen) atoms. The van der Waals surface area contributed by atoms with Crippen molar-refractivity contribution < 1.29 is 15.3 Å². The Balaban J connectivity index is 1.71. The van der Waals surface area contributed by atoms with Crippen molar-refractivity contribution in [1.29, 1.82) is 0 Å². The molecule has 0 atom stereocenters. The van der Waals surface area contributed by atoms with Crippen LogP contribution in [0, 0.1) is 0 Å². The first-order chi connectivity index (χ1) is 18.6. The topological polar surface area (TPSA) is 60.7 Å². The molecule has 188 valence electrons. The van der Waals surface area contributed by atoms with Crippen LogP contribution in [0.5, 0.6) is 17.2 Å². The van der Waals surface area contributed by atoms with Crippen molar-refractivity contribution >= 4 is 12.2 Å².